The van der Waals surface area contributed by atoms with E-state index >= 15 is 0 Å². The lowest BCUT2D eigenvalue weighted by molar-refractivity contribution is -0.143. The van der Waals surface area contributed by atoms with Crippen LogP contribution in [0.15, 0.2) is 16.6 Å². The van der Waals surface area contributed by atoms with Crippen LogP contribution in [0.5, 0.6) is 0 Å². The van der Waals surface area contributed by atoms with Gasteiger partial charge in [0, 0.05) is 13.3 Å². The molecule has 0 bridgehead atoms. The van der Waals surface area contributed by atoms with Gasteiger partial charge in [-0.25, -0.2) is 0 Å². The van der Waals surface area contributed by atoms with E-state index in [9.17, 15) is 9.59 Å². The number of likely N-dealkylation sites (N-methyl/N-ethyl adjacent to an activating group) is 1. The number of dihydropyridines is 1. The van der Waals surface area contributed by atoms with Gasteiger partial charge in [0.05, 0.1) is 12.0 Å². The van der Waals surface area contributed by atoms with Crippen LogP contribution in [0.3, 0.4) is 0 Å². The number of aliphatic imine (C=N–C) groups is 1. The molecule has 0 aromatic rings. The van der Waals surface area contributed by atoms with E-state index < -0.39 is 17.6 Å². The molecule has 2 fully saturated rings. The van der Waals surface area contributed by atoms with Crippen molar-refractivity contribution in [3.05, 3.63) is 11.6 Å². The number of likely N-dealkylation sites (tertiary alicyclic amines) is 1. The molecule has 3 heterocycles. The summed E-state index contributed by atoms with van der Waals surface area (Å²) in [5, 5.41) is 0. The molecule has 4 atom stereocenters. The van der Waals surface area contributed by atoms with Crippen LogP contribution in [-0.2, 0) is 14.3 Å². The Morgan fingerprint density at radius 1 is 1.41 bits per heavy atom. The van der Waals surface area contributed by atoms with E-state index in [1.807, 2.05) is 19.9 Å². The lowest BCUT2D eigenvalue weighted by Crippen LogP contribution is -2.42. The van der Waals surface area contributed by atoms with Crippen LogP contribution in [-0.4, -0.2) is 47.7 Å². The van der Waals surface area contributed by atoms with Crippen LogP contribution in [0.2, 0.25) is 0 Å². The number of carbonyl (C=O) groups is 2. The second-order valence-corrected chi connectivity index (χ2v) is 5.09. The fourth-order valence-electron chi connectivity index (χ4n) is 2.98. The molecule has 0 aromatic carbocycles. The fourth-order valence-corrected chi connectivity index (χ4v) is 2.98. The Labute approximate surface area is 99.1 Å². The number of hydrogen-bond donors (Lipinski definition) is 0. The van der Waals surface area contributed by atoms with Crippen LogP contribution in [0.25, 0.3) is 0 Å². The lowest BCUT2D eigenvalue weighted by atomic mass is 9.85. The Bertz CT molecular complexity index is 482. The maximum Gasteiger partial charge on any atom is 0.259 e. The molecule has 0 aliphatic carbocycles. The quantitative estimate of drug-likeness (QED) is 0.561. The first-order valence-electron chi connectivity index (χ1n) is 5.66. The summed E-state index contributed by atoms with van der Waals surface area (Å²) < 4.78 is 5.80. The molecule has 5 nitrogen and oxygen atoms in total. The van der Waals surface area contributed by atoms with Crippen molar-refractivity contribution in [2.45, 2.75) is 31.6 Å². The van der Waals surface area contributed by atoms with Crippen LogP contribution in [0, 0.1) is 5.92 Å². The van der Waals surface area contributed by atoms with Crippen molar-refractivity contribution in [1.82, 2.24) is 4.90 Å². The topological polar surface area (TPSA) is 59.0 Å². The normalized spacial score (nSPS) is 43.8. The van der Waals surface area contributed by atoms with Crippen LogP contribution in [0.4, 0.5) is 0 Å². The number of imide groups is 1. The molecule has 3 rings (SSSR count). The highest BCUT2D eigenvalue weighted by Gasteiger charge is 2.62. The van der Waals surface area contributed by atoms with Gasteiger partial charge in [0.15, 0.2) is 6.10 Å². The fraction of sp³-hybridized carbons (Fsp3) is 0.583. The van der Waals surface area contributed by atoms with E-state index in [4.69, 9.17) is 4.74 Å². The molecule has 2 saturated heterocycles. The zero-order valence-electron chi connectivity index (χ0n) is 10.0. The van der Waals surface area contributed by atoms with Crippen molar-refractivity contribution >= 4 is 18.0 Å². The number of carbonyl (C=O) groups excluding carboxylic acids is 2. The molecule has 0 N–H and O–H groups in total. The van der Waals surface area contributed by atoms with Crippen LogP contribution < -0.4 is 0 Å². The number of allylic oxidation sites excluding steroid dienone is 1. The number of ether oxygens (including phenoxy) is 1. The summed E-state index contributed by atoms with van der Waals surface area (Å²) >= 11 is 0. The van der Waals surface area contributed by atoms with Gasteiger partial charge in [0.1, 0.15) is 5.60 Å². The monoisotopic (exact) mass is 234 g/mol. The Morgan fingerprint density at radius 3 is 2.82 bits per heavy atom. The van der Waals surface area contributed by atoms with Gasteiger partial charge in [-0.15, -0.1) is 0 Å². The zero-order chi connectivity index (χ0) is 12.4. The molecule has 3 aliphatic rings. The van der Waals surface area contributed by atoms with Gasteiger partial charge >= 0.3 is 0 Å². The van der Waals surface area contributed by atoms with E-state index in [0.29, 0.717) is 0 Å². The lowest BCUT2D eigenvalue weighted by Gasteiger charge is -2.30. The number of rotatable bonds is 0. The SMILES string of the molecule is CC1=C[C@]2(C)O[C@@H]3C(=O)N(C)C(=O)[C@@H]3[C@@H]2N=C1. The van der Waals surface area contributed by atoms with Crippen molar-refractivity contribution < 1.29 is 14.3 Å². The van der Waals surface area contributed by atoms with Gasteiger partial charge in [-0.05, 0) is 25.5 Å². The zero-order valence-corrected chi connectivity index (χ0v) is 10.0. The molecular weight excluding hydrogens is 220 g/mol. The summed E-state index contributed by atoms with van der Waals surface area (Å²) in [6.45, 7) is 3.81. The first-order chi connectivity index (χ1) is 7.94. The van der Waals surface area contributed by atoms with E-state index in [-0.39, 0.29) is 17.9 Å². The summed E-state index contributed by atoms with van der Waals surface area (Å²) in [5.74, 6) is -0.895. The maximum absolute atomic E-state index is 12.0. The Hall–Kier alpha value is -1.49. The highest BCUT2D eigenvalue weighted by atomic mass is 16.5. The average Bonchev–Trinajstić information content (AvgIpc) is 2.66. The van der Waals surface area contributed by atoms with Gasteiger partial charge < -0.3 is 4.74 Å². The van der Waals surface area contributed by atoms with Crippen molar-refractivity contribution in [2.24, 2.45) is 10.9 Å². The number of amides is 2. The second kappa shape index (κ2) is 3.04. The maximum atomic E-state index is 12.0. The molecule has 0 saturated carbocycles. The van der Waals surface area contributed by atoms with Crippen LogP contribution in [0.1, 0.15) is 13.8 Å². The molecule has 3 aliphatic heterocycles. The standard InChI is InChI=1S/C12H14N2O3/c1-6-4-12(2)9(13-5-6)7-8(17-12)11(16)14(3)10(7)15/h4-5,7-9H,1-3H3/t7-,8-,9-,12-/m0/s1. The van der Waals surface area contributed by atoms with Crippen LogP contribution >= 0.6 is 0 Å². The largest absolute Gasteiger partial charge is 0.355 e. The van der Waals surface area contributed by atoms with Crippen molar-refractivity contribution in [3.63, 3.8) is 0 Å². The van der Waals surface area contributed by atoms with Gasteiger partial charge in [-0.3, -0.25) is 19.5 Å². The first kappa shape index (κ1) is 10.7. The first-order valence-corrected chi connectivity index (χ1v) is 5.66. The Kier molecular flexibility index (Phi) is 1.91. The number of fused-ring (bicyclic) bond motifs is 3. The van der Waals surface area contributed by atoms with Crippen molar-refractivity contribution in [1.29, 1.82) is 0 Å². The minimum atomic E-state index is -0.665. The van der Waals surface area contributed by atoms with Crippen molar-refractivity contribution in [3.8, 4) is 0 Å². The van der Waals surface area contributed by atoms with E-state index in [1.54, 1.807) is 6.21 Å². The third-order valence-corrected chi connectivity index (χ3v) is 3.78. The highest BCUT2D eigenvalue weighted by molar-refractivity contribution is 6.07. The third-order valence-electron chi connectivity index (χ3n) is 3.78. The van der Waals surface area contributed by atoms with Gasteiger partial charge in [-0.2, -0.15) is 0 Å². The second-order valence-electron chi connectivity index (χ2n) is 5.09. The summed E-state index contributed by atoms with van der Waals surface area (Å²) in [4.78, 5) is 29.4. The Balaban J connectivity index is 2.05. The van der Waals surface area contributed by atoms with Gasteiger partial charge in [0.25, 0.3) is 5.91 Å². The van der Waals surface area contributed by atoms with E-state index in [0.717, 1.165) is 10.5 Å². The molecule has 0 aromatic heterocycles. The average molecular weight is 234 g/mol. The number of nitrogens with zero attached hydrogens (tertiary/aromatic N) is 2. The van der Waals surface area contributed by atoms with Gasteiger partial charge in [0.2, 0.25) is 5.91 Å². The molecule has 17 heavy (non-hydrogen) atoms. The molecule has 2 amide bonds. The minimum absolute atomic E-state index is 0.182. The van der Waals surface area contributed by atoms with Crippen molar-refractivity contribution in [2.75, 3.05) is 7.05 Å². The third kappa shape index (κ3) is 1.20. The molecule has 0 unspecified atom stereocenters. The molecule has 5 heteroatoms. The summed E-state index contributed by atoms with van der Waals surface area (Å²) in [7, 11) is 1.50. The molecule has 0 spiro atoms. The summed E-state index contributed by atoms with van der Waals surface area (Å²) in [6, 6.07) is -0.280. The molecular formula is C12H14N2O3. The summed E-state index contributed by atoms with van der Waals surface area (Å²) in [5.41, 5.74) is 0.373. The summed E-state index contributed by atoms with van der Waals surface area (Å²) in [6.07, 6.45) is 3.03. The van der Waals surface area contributed by atoms with Gasteiger partial charge in [-0.1, -0.05) is 0 Å². The van der Waals surface area contributed by atoms with E-state index in [2.05, 4.69) is 4.99 Å². The highest BCUT2D eigenvalue weighted by Crippen LogP contribution is 2.44. The minimum Gasteiger partial charge on any atom is -0.355 e. The molecule has 0 radical (unpaired) electrons. The van der Waals surface area contributed by atoms with E-state index in [1.165, 1.54) is 7.05 Å². The smallest absolute Gasteiger partial charge is 0.259 e. The number of hydrogen-bond acceptors (Lipinski definition) is 4. The predicted molar refractivity (Wildman–Crippen MR) is 60.6 cm³/mol. The Morgan fingerprint density at radius 2 is 2.12 bits per heavy atom. The molecule has 90 valence electrons. The predicted octanol–water partition coefficient (Wildman–Crippen LogP) is 0.158.